The number of methoxy groups -OCH3 is 1. The molecule has 0 heterocycles. The number of nitrogens with two attached hydrogens (primary N) is 1. The Kier molecular flexibility index (Phi) is 9.80. The Morgan fingerprint density at radius 1 is 1.15 bits per heavy atom. The van der Waals surface area contributed by atoms with Gasteiger partial charge in [0.1, 0.15) is 0 Å². The van der Waals surface area contributed by atoms with E-state index in [4.69, 9.17) is 19.9 Å². The molecule has 0 bridgehead atoms. The Morgan fingerprint density at radius 2 is 1.85 bits per heavy atom. The van der Waals surface area contributed by atoms with Gasteiger partial charge in [-0.1, -0.05) is 6.92 Å². The summed E-state index contributed by atoms with van der Waals surface area (Å²) in [6, 6.07) is 0. The second-order valence-electron chi connectivity index (χ2n) is 2.74. The van der Waals surface area contributed by atoms with Crippen molar-refractivity contribution in [3.05, 3.63) is 0 Å². The average Bonchev–Trinajstić information content (AvgIpc) is 2.17. The molecule has 13 heavy (non-hydrogen) atoms. The molecular weight excluding hydrogens is 170 g/mol. The summed E-state index contributed by atoms with van der Waals surface area (Å²) in [7, 11) is 1.65. The van der Waals surface area contributed by atoms with Crippen LogP contribution in [0.4, 0.5) is 0 Å². The molecule has 0 aliphatic rings. The Bertz CT molecular complexity index is 96.9. The van der Waals surface area contributed by atoms with E-state index in [-0.39, 0.29) is 6.10 Å². The largest absolute Gasteiger partial charge is 0.382 e. The minimum atomic E-state index is 0.172. The lowest BCUT2D eigenvalue weighted by Crippen LogP contribution is -2.24. The second kappa shape index (κ2) is 9.92. The van der Waals surface area contributed by atoms with Gasteiger partial charge in [-0.15, -0.1) is 0 Å². The zero-order chi connectivity index (χ0) is 9.94. The van der Waals surface area contributed by atoms with Gasteiger partial charge in [0.05, 0.1) is 32.5 Å². The summed E-state index contributed by atoms with van der Waals surface area (Å²) in [5, 5.41) is 0. The highest BCUT2D eigenvalue weighted by molar-refractivity contribution is 4.54. The SMILES string of the molecule is CCC(CN)OCCOCCOC. The van der Waals surface area contributed by atoms with Crippen LogP contribution in [0.3, 0.4) is 0 Å². The average molecular weight is 191 g/mol. The number of ether oxygens (including phenoxy) is 3. The first-order valence-electron chi connectivity index (χ1n) is 4.73. The first-order chi connectivity index (χ1) is 6.35. The highest BCUT2D eigenvalue weighted by Gasteiger charge is 2.01. The van der Waals surface area contributed by atoms with E-state index in [2.05, 4.69) is 6.92 Å². The molecule has 0 aromatic heterocycles. The summed E-state index contributed by atoms with van der Waals surface area (Å²) >= 11 is 0. The van der Waals surface area contributed by atoms with E-state index in [1.807, 2.05) is 0 Å². The lowest BCUT2D eigenvalue weighted by Gasteiger charge is -2.13. The molecule has 0 saturated carbocycles. The molecule has 0 aliphatic carbocycles. The fourth-order valence-corrected chi connectivity index (χ4v) is 0.871. The van der Waals surface area contributed by atoms with Crippen molar-refractivity contribution in [1.82, 2.24) is 0 Å². The van der Waals surface area contributed by atoms with E-state index in [0.717, 1.165) is 6.42 Å². The lowest BCUT2D eigenvalue weighted by atomic mass is 10.3. The quantitative estimate of drug-likeness (QED) is 0.536. The molecule has 0 amide bonds. The fraction of sp³-hybridized carbons (Fsp3) is 1.00. The second-order valence-corrected chi connectivity index (χ2v) is 2.74. The van der Waals surface area contributed by atoms with Gasteiger partial charge in [-0.3, -0.25) is 0 Å². The maximum atomic E-state index is 5.46. The first kappa shape index (κ1) is 12.8. The molecule has 0 fully saturated rings. The Morgan fingerprint density at radius 3 is 2.38 bits per heavy atom. The minimum absolute atomic E-state index is 0.172. The normalized spacial score (nSPS) is 13.2. The lowest BCUT2D eigenvalue weighted by molar-refractivity contribution is -0.00432. The summed E-state index contributed by atoms with van der Waals surface area (Å²) in [5.74, 6) is 0. The van der Waals surface area contributed by atoms with Crippen molar-refractivity contribution in [3.8, 4) is 0 Å². The first-order valence-corrected chi connectivity index (χ1v) is 4.73. The summed E-state index contributed by atoms with van der Waals surface area (Å²) in [4.78, 5) is 0. The summed E-state index contributed by atoms with van der Waals surface area (Å²) in [6.07, 6.45) is 1.13. The van der Waals surface area contributed by atoms with Crippen molar-refractivity contribution in [1.29, 1.82) is 0 Å². The standard InChI is InChI=1S/C9H21NO3/c1-3-9(8-10)13-7-6-12-5-4-11-2/h9H,3-8,10H2,1-2H3. The van der Waals surface area contributed by atoms with Crippen molar-refractivity contribution in [2.24, 2.45) is 5.73 Å². The Hall–Kier alpha value is -0.160. The summed E-state index contributed by atoms with van der Waals surface area (Å²) < 4.78 is 15.5. The van der Waals surface area contributed by atoms with Gasteiger partial charge in [-0.25, -0.2) is 0 Å². The molecule has 0 saturated heterocycles. The third-order valence-corrected chi connectivity index (χ3v) is 1.73. The van der Waals surface area contributed by atoms with E-state index in [0.29, 0.717) is 33.0 Å². The van der Waals surface area contributed by atoms with Crippen molar-refractivity contribution in [2.75, 3.05) is 40.1 Å². The van der Waals surface area contributed by atoms with Crippen LogP contribution in [0.15, 0.2) is 0 Å². The van der Waals surface area contributed by atoms with E-state index in [1.54, 1.807) is 7.11 Å². The number of rotatable bonds is 9. The molecule has 80 valence electrons. The van der Waals surface area contributed by atoms with Gasteiger partial charge < -0.3 is 19.9 Å². The molecule has 2 N–H and O–H groups in total. The van der Waals surface area contributed by atoms with Crippen LogP contribution in [0.25, 0.3) is 0 Å². The van der Waals surface area contributed by atoms with Crippen LogP contribution >= 0.6 is 0 Å². The van der Waals surface area contributed by atoms with Crippen molar-refractivity contribution in [3.63, 3.8) is 0 Å². The van der Waals surface area contributed by atoms with Crippen LogP contribution in [0.2, 0.25) is 0 Å². The van der Waals surface area contributed by atoms with Gasteiger partial charge in [0.15, 0.2) is 0 Å². The molecule has 4 heteroatoms. The van der Waals surface area contributed by atoms with Crippen LogP contribution in [0.5, 0.6) is 0 Å². The minimum Gasteiger partial charge on any atom is -0.382 e. The third kappa shape index (κ3) is 8.18. The van der Waals surface area contributed by atoms with E-state index in [9.17, 15) is 0 Å². The van der Waals surface area contributed by atoms with E-state index < -0.39 is 0 Å². The summed E-state index contributed by atoms with van der Waals surface area (Å²) in [6.45, 7) is 5.12. The topological polar surface area (TPSA) is 53.7 Å². The zero-order valence-electron chi connectivity index (χ0n) is 8.62. The molecule has 0 spiro atoms. The monoisotopic (exact) mass is 191 g/mol. The fourth-order valence-electron chi connectivity index (χ4n) is 0.871. The molecule has 0 radical (unpaired) electrons. The van der Waals surface area contributed by atoms with Crippen LogP contribution in [0.1, 0.15) is 13.3 Å². The van der Waals surface area contributed by atoms with Crippen LogP contribution in [-0.2, 0) is 14.2 Å². The molecule has 1 unspecified atom stereocenters. The van der Waals surface area contributed by atoms with Gasteiger partial charge in [0.25, 0.3) is 0 Å². The van der Waals surface area contributed by atoms with Gasteiger partial charge in [-0.2, -0.15) is 0 Å². The number of hydrogen-bond acceptors (Lipinski definition) is 4. The molecule has 4 nitrogen and oxygen atoms in total. The highest BCUT2D eigenvalue weighted by Crippen LogP contribution is 1.94. The van der Waals surface area contributed by atoms with Gasteiger partial charge in [-0.05, 0) is 6.42 Å². The van der Waals surface area contributed by atoms with Crippen molar-refractivity contribution < 1.29 is 14.2 Å². The zero-order valence-corrected chi connectivity index (χ0v) is 8.62. The molecule has 1 atom stereocenters. The van der Waals surface area contributed by atoms with E-state index >= 15 is 0 Å². The maximum absolute atomic E-state index is 5.46. The molecule has 0 aromatic carbocycles. The smallest absolute Gasteiger partial charge is 0.0704 e. The predicted octanol–water partition coefficient (Wildman–Crippen LogP) is 0.403. The molecular formula is C9H21NO3. The Labute approximate surface area is 80.3 Å². The van der Waals surface area contributed by atoms with Crippen LogP contribution < -0.4 is 5.73 Å². The van der Waals surface area contributed by atoms with Crippen LogP contribution in [0, 0.1) is 0 Å². The van der Waals surface area contributed by atoms with Gasteiger partial charge in [0, 0.05) is 13.7 Å². The van der Waals surface area contributed by atoms with Gasteiger partial charge >= 0.3 is 0 Å². The Balaban J connectivity index is 3.05. The highest BCUT2D eigenvalue weighted by atomic mass is 16.5. The van der Waals surface area contributed by atoms with Crippen molar-refractivity contribution in [2.45, 2.75) is 19.4 Å². The van der Waals surface area contributed by atoms with Crippen molar-refractivity contribution >= 4 is 0 Å². The maximum Gasteiger partial charge on any atom is 0.0704 e. The predicted molar refractivity (Wildman–Crippen MR) is 51.8 cm³/mol. The molecule has 0 aromatic rings. The summed E-state index contributed by atoms with van der Waals surface area (Å²) in [5.41, 5.74) is 5.46. The third-order valence-electron chi connectivity index (χ3n) is 1.73. The number of hydrogen-bond donors (Lipinski definition) is 1. The van der Waals surface area contributed by atoms with Crippen LogP contribution in [-0.4, -0.2) is 46.2 Å². The molecule has 0 aliphatic heterocycles. The van der Waals surface area contributed by atoms with Gasteiger partial charge in [0.2, 0.25) is 0 Å². The molecule has 0 rings (SSSR count). The van der Waals surface area contributed by atoms with E-state index in [1.165, 1.54) is 0 Å².